The van der Waals surface area contributed by atoms with E-state index in [9.17, 15) is 9.59 Å². The number of halogens is 1. The lowest BCUT2D eigenvalue weighted by Crippen LogP contribution is -2.40. The Labute approximate surface area is 177 Å². The number of carbonyl (C=O) groups is 2. The van der Waals surface area contributed by atoms with Crippen molar-refractivity contribution in [1.29, 1.82) is 0 Å². The summed E-state index contributed by atoms with van der Waals surface area (Å²) in [5, 5.41) is 0. The van der Waals surface area contributed by atoms with E-state index in [1.165, 1.54) is 0 Å². The number of nitrogens with two attached hydrogens (primary N) is 1. The van der Waals surface area contributed by atoms with Crippen LogP contribution in [-0.4, -0.2) is 36.9 Å². The summed E-state index contributed by atoms with van der Waals surface area (Å²) in [5.41, 5.74) is 9.80. The van der Waals surface area contributed by atoms with Crippen molar-refractivity contribution in [3.05, 3.63) is 53.6 Å². The van der Waals surface area contributed by atoms with E-state index >= 15 is 0 Å². The van der Waals surface area contributed by atoms with Crippen molar-refractivity contribution in [2.24, 2.45) is 5.92 Å². The topological polar surface area (TPSA) is 75.9 Å². The Bertz CT molecular complexity index is 901. The minimum Gasteiger partial charge on any atom is -0.497 e. The van der Waals surface area contributed by atoms with Crippen molar-refractivity contribution in [2.75, 3.05) is 30.8 Å². The van der Waals surface area contributed by atoms with Crippen molar-refractivity contribution in [3.8, 4) is 5.75 Å². The van der Waals surface area contributed by atoms with Gasteiger partial charge in [0.15, 0.2) is 0 Å². The SMILES string of the molecule is COc1ccc(CN2CC(C(=O)N3CCCc4c(N)cccc43)CC2=O)cc1.Cl. The first kappa shape index (κ1) is 21.0. The third-order valence-corrected chi connectivity index (χ3v) is 5.65. The van der Waals surface area contributed by atoms with Gasteiger partial charge in [-0.2, -0.15) is 0 Å². The second-order valence-electron chi connectivity index (χ2n) is 7.46. The zero-order valence-corrected chi connectivity index (χ0v) is 17.3. The average Bonchev–Trinajstić information content (AvgIpc) is 3.08. The van der Waals surface area contributed by atoms with E-state index in [-0.39, 0.29) is 36.6 Å². The molecular weight excluding hydrogens is 390 g/mol. The van der Waals surface area contributed by atoms with Gasteiger partial charge in [-0.3, -0.25) is 9.59 Å². The lowest BCUT2D eigenvalue weighted by molar-refractivity contribution is -0.128. The molecular formula is C22H26ClN3O3. The Morgan fingerprint density at radius 3 is 2.69 bits per heavy atom. The molecule has 1 atom stereocenters. The van der Waals surface area contributed by atoms with Crippen molar-refractivity contribution in [3.63, 3.8) is 0 Å². The van der Waals surface area contributed by atoms with Crippen LogP contribution in [0.4, 0.5) is 11.4 Å². The van der Waals surface area contributed by atoms with Crippen LogP contribution in [0, 0.1) is 5.92 Å². The molecule has 0 bridgehead atoms. The molecule has 7 heteroatoms. The van der Waals surface area contributed by atoms with E-state index in [0.717, 1.165) is 41.1 Å². The Balaban J connectivity index is 0.00000240. The van der Waals surface area contributed by atoms with Gasteiger partial charge in [-0.15, -0.1) is 12.4 Å². The van der Waals surface area contributed by atoms with Crippen LogP contribution in [0.25, 0.3) is 0 Å². The van der Waals surface area contributed by atoms with E-state index in [2.05, 4.69) is 0 Å². The van der Waals surface area contributed by atoms with Crippen LogP contribution in [0.5, 0.6) is 5.75 Å². The Hall–Kier alpha value is -2.73. The molecule has 29 heavy (non-hydrogen) atoms. The summed E-state index contributed by atoms with van der Waals surface area (Å²) in [5.74, 6) is 0.529. The summed E-state index contributed by atoms with van der Waals surface area (Å²) in [4.78, 5) is 29.3. The molecule has 4 rings (SSSR count). The first-order valence-corrected chi connectivity index (χ1v) is 9.66. The summed E-state index contributed by atoms with van der Waals surface area (Å²) in [6.45, 7) is 1.65. The number of anilines is 2. The third kappa shape index (κ3) is 4.17. The second kappa shape index (κ2) is 8.74. The van der Waals surface area contributed by atoms with Crippen molar-refractivity contribution < 1.29 is 14.3 Å². The Morgan fingerprint density at radius 2 is 1.97 bits per heavy atom. The maximum Gasteiger partial charge on any atom is 0.232 e. The molecule has 0 saturated carbocycles. The molecule has 2 N–H and O–H groups in total. The average molecular weight is 416 g/mol. The van der Waals surface area contributed by atoms with Gasteiger partial charge in [0.2, 0.25) is 11.8 Å². The fraction of sp³-hybridized carbons (Fsp3) is 0.364. The number of nitrogens with zero attached hydrogens (tertiary/aromatic N) is 2. The van der Waals surface area contributed by atoms with E-state index < -0.39 is 0 Å². The number of carbonyl (C=O) groups excluding carboxylic acids is 2. The number of hydrogen-bond donors (Lipinski definition) is 1. The standard InChI is InChI=1S/C22H25N3O3.ClH/c1-28-17-9-7-15(8-10-17)13-24-14-16(12-21(24)26)22(27)25-11-3-4-18-19(23)5-2-6-20(18)25;/h2,5-10,16H,3-4,11-14,23H2,1H3;1H. The van der Waals surface area contributed by atoms with Crippen LogP contribution in [-0.2, 0) is 22.6 Å². The molecule has 1 saturated heterocycles. The number of hydrogen-bond acceptors (Lipinski definition) is 4. The molecule has 2 aliphatic rings. The van der Waals surface area contributed by atoms with Crippen LogP contribution in [0.2, 0.25) is 0 Å². The van der Waals surface area contributed by atoms with Crippen molar-refractivity contribution in [2.45, 2.75) is 25.8 Å². The van der Waals surface area contributed by atoms with Gasteiger partial charge in [0.1, 0.15) is 5.75 Å². The molecule has 2 aromatic carbocycles. The predicted molar refractivity (Wildman–Crippen MR) is 115 cm³/mol. The summed E-state index contributed by atoms with van der Waals surface area (Å²) < 4.78 is 5.17. The van der Waals surface area contributed by atoms with Crippen molar-refractivity contribution in [1.82, 2.24) is 4.90 Å². The molecule has 1 fully saturated rings. The zero-order chi connectivity index (χ0) is 19.7. The van der Waals surface area contributed by atoms with Gasteiger partial charge >= 0.3 is 0 Å². The summed E-state index contributed by atoms with van der Waals surface area (Å²) >= 11 is 0. The first-order chi connectivity index (χ1) is 13.6. The number of ether oxygens (including phenoxy) is 1. The van der Waals surface area contributed by atoms with E-state index in [1.54, 1.807) is 12.0 Å². The monoisotopic (exact) mass is 415 g/mol. The van der Waals surface area contributed by atoms with Gasteiger partial charge in [0.25, 0.3) is 0 Å². The Morgan fingerprint density at radius 1 is 1.21 bits per heavy atom. The van der Waals surface area contributed by atoms with E-state index in [4.69, 9.17) is 10.5 Å². The summed E-state index contributed by atoms with van der Waals surface area (Å²) in [6.07, 6.45) is 2.05. The molecule has 2 aliphatic heterocycles. The van der Waals surface area contributed by atoms with Gasteiger partial charge in [-0.1, -0.05) is 18.2 Å². The van der Waals surface area contributed by atoms with Crippen LogP contribution in [0.1, 0.15) is 24.0 Å². The third-order valence-electron chi connectivity index (χ3n) is 5.65. The highest BCUT2D eigenvalue weighted by molar-refractivity contribution is 6.00. The molecule has 2 heterocycles. The minimum absolute atomic E-state index is 0. The fourth-order valence-electron chi connectivity index (χ4n) is 4.14. The molecule has 0 aliphatic carbocycles. The van der Waals surface area contributed by atoms with E-state index in [1.807, 2.05) is 47.4 Å². The molecule has 2 aromatic rings. The molecule has 1 unspecified atom stereocenters. The number of benzene rings is 2. The largest absolute Gasteiger partial charge is 0.497 e. The van der Waals surface area contributed by atoms with Gasteiger partial charge < -0.3 is 20.3 Å². The molecule has 154 valence electrons. The molecule has 0 spiro atoms. The number of rotatable bonds is 4. The number of methoxy groups -OCH3 is 1. The molecule has 0 aromatic heterocycles. The number of amides is 2. The maximum atomic E-state index is 13.2. The lowest BCUT2D eigenvalue weighted by Gasteiger charge is -2.32. The number of nitrogen functional groups attached to an aromatic ring is 1. The molecule has 2 amide bonds. The van der Waals surface area contributed by atoms with Crippen molar-refractivity contribution >= 4 is 35.6 Å². The molecule has 0 radical (unpaired) electrons. The smallest absolute Gasteiger partial charge is 0.232 e. The quantitative estimate of drug-likeness (QED) is 0.779. The second-order valence-corrected chi connectivity index (χ2v) is 7.46. The Kier molecular flexibility index (Phi) is 6.33. The van der Waals surface area contributed by atoms with E-state index in [0.29, 0.717) is 19.6 Å². The highest BCUT2D eigenvalue weighted by Crippen LogP contribution is 2.33. The first-order valence-electron chi connectivity index (χ1n) is 9.66. The maximum absolute atomic E-state index is 13.2. The highest BCUT2D eigenvalue weighted by atomic mass is 35.5. The zero-order valence-electron chi connectivity index (χ0n) is 16.5. The summed E-state index contributed by atoms with van der Waals surface area (Å²) in [7, 11) is 1.63. The van der Waals surface area contributed by atoms with Gasteiger partial charge in [0.05, 0.1) is 13.0 Å². The lowest BCUT2D eigenvalue weighted by atomic mass is 9.97. The highest BCUT2D eigenvalue weighted by Gasteiger charge is 2.38. The normalized spacial score (nSPS) is 18.2. The van der Waals surface area contributed by atoms with Crippen LogP contribution in [0.3, 0.4) is 0 Å². The number of likely N-dealkylation sites (tertiary alicyclic amines) is 1. The predicted octanol–water partition coefficient (Wildman–Crippen LogP) is 3.03. The number of fused-ring (bicyclic) bond motifs is 1. The van der Waals surface area contributed by atoms with Gasteiger partial charge in [-0.05, 0) is 48.2 Å². The van der Waals surface area contributed by atoms with Crippen LogP contribution in [0.15, 0.2) is 42.5 Å². The summed E-state index contributed by atoms with van der Waals surface area (Å²) in [6, 6.07) is 13.4. The van der Waals surface area contributed by atoms with Gasteiger partial charge in [-0.25, -0.2) is 0 Å². The van der Waals surface area contributed by atoms with Gasteiger partial charge in [0, 0.05) is 37.4 Å². The van der Waals surface area contributed by atoms with Crippen LogP contribution < -0.4 is 15.4 Å². The fourth-order valence-corrected chi connectivity index (χ4v) is 4.14. The molecule has 6 nitrogen and oxygen atoms in total. The minimum atomic E-state index is -0.307. The van der Waals surface area contributed by atoms with Crippen LogP contribution >= 0.6 is 12.4 Å².